The van der Waals surface area contributed by atoms with Crippen LogP contribution in [-0.4, -0.2) is 11.9 Å². The van der Waals surface area contributed by atoms with Crippen molar-refractivity contribution >= 4 is 5.91 Å². The summed E-state index contributed by atoms with van der Waals surface area (Å²) in [6.45, 7) is 6.43. The molecule has 1 N–H and O–H groups in total. The second kappa shape index (κ2) is 6.23. The fourth-order valence-corrected chi connectivity index (χ4v) is 2.87. The molecule has 0 radical (unpaired) electrons. The highest BCUT2D eigenvalue weighted by Gasteiger charge is 2.17. The predicted molar refractivity (Wildman–Crippen MR) is 79.5 cm³/mol. The van der Waals surface area contributed by atoms with Gasteiger partial charge in [-0.05, 0) is 61.3 Å². The number of fused-ring (bicyclic) bond motifs is 1. The molecule has 19 heavy (non-hydrogen) atoms. The number of rotatable bonds is 4. The standard InChI is InChI=1S/C17H25NO/c1-4-16(12(2)3)18-17(19)15-10-9-13-7-5-6-8-14(13)11-15/h9-12,16H,4-8H2,1-3H3,(H,18,19). The number of hydrogen-bond acceptors (Lipinski definition) is 1. The lowest BCUT2D eigenvalue weighted by atomic mass is 9.90. The maximum atomic E-state index is 12.3. The zero-order valence-corrected chi connectivity index (χ0v) is 12.3. The molecule has 0 saturated heterocycles. The Bertz CT molecular complexity index is 451. The summed E-state index contributed by atoms with van der Waals surface area (Å²) >= 11 is 0. The summed E-state index contributed by atoms with van der Waals surface area (Å²) in [5.74, 6) is 0.556. The van der Waals surface area contributed by atoms with Crippen LogP contribution < -0.4 is 5.32 Å². The van der Waals surface area contributed by atoms with E-state index in [2.05, 4.69) is 38.2 Å². The molecule has 1 amide bonds. The highest BCUT2D eigenvalue weighted by molar-refractivity contribution is 5.94. The van der Waals surface area contributed by atoms with Crippen LogP contribution in [0.2, 0.25) is 0 Å². The monoisotopic (exact) mass is 259 g/mol. The topological polar surface area (TPSA) is 29.1 Å². The van der Waals surface area contributed by atoms with Gasteiger partial charge in [-0.3, -0.25) is 4.79 Å². The van der Waals surface area contributed by atoms with Gasteiger partial charge in [0, 0.05) is 11.6 Å². The summed E-state index contributed by atoms with van der Waals surface area (Å²) in [5, 5.41) is 3.15. The minimum absolute atomic E-state index is 0.0777. The maximum Gasteiger partial charge on any atom is 0.251 e. The van der Waals surface area contributed by atoms with Gasteiger partial charge in [-0.15, -0.1) is 0 Å². The second-order valence-corrected chi connectivity index (χ2v) is 5.92. The number of carbonyl (C=O) groups is 1. The van der Waals surface area contributed by atoms with Crippen LogP contribution in [0.15, 0.2) is 18.2 Å². The molecule has 0 aliphatic heterocycles. The summed E-state index contributed by atoms with van der Waals surface area (Å²) in [5.41, 5.74) is 3.62. The lowest BCUT2D eigenvalue weighted by molar-refractivity contribution is 0.0924. The SMILES string of the molecule is CCC(NC(=O)c1ccc2c(c1)CCCC2)C(C)C. The first-order valence-electron chi connectivity index (χ1n) is 7.54. The molecule has 0 fully saturated rings. The molecule has 1 aliphatic rings. The van der Waals surface area contributed by atoms with Gasteiger partial charge in [0.05, 0.1) is 0 Å². The van der Waals surface area contributed by atoms with E-state index in [0.717, 1.165) is 18.4 Å². The first kappa shape index (κ1) is 14.1. The van der Waals surface area contributed by atoms with E-state index < -0.39 is 0 Å². The molecule has 2 nitrogen and oxygen atoms in total. The van der Waals surface area contributed by atoms with Crippen LogP contribution in [0.25, 0.3) is 0 Å². The molecule has 2 heteroatoms. The molecule has 1 aliphatic carbocycles. The number of amides is 1. The predicted octanol–water partition coefficient (Wildman–Crippen LogP) is 3.73. The van der Waals surface area contributed by atoms with Crippen molar-refractivity contribution in [2.24, 2.45) is 5.92 Å². The van der Waals surface area contributed by atoms with Crippen molar-refractivity contribution in [1.29, 1.82) is 0 Å². The van der Waals surface area contributed by atoms with Crippen LogP contribution in [0.4, 0.5) is 0 Å². The van der Waals surface area contributed by atoms with E-state index in [1.165, 1.54) is 30.4 Å². The van der Waals surface area contributed by atoms with E-state index in [0.29, 0.717) is 5.92 Å². The largest absolute Gasteiger partial charge is 0.349 e. The first-order chi connectivity index (χ1) is 9.11. The summed E-state index contributed by atoms with van der Waals surface area (Å²) in [4.78, 5) is 12.3. The van der Waals surface area contributed by atoms with Crippen molar-refractivity contribution < 1.29 is 4.79 Å². The molecular weight excluding hydrogens is 234 g/mol. The zero-order valence-electron chi connectivity index (χ0n) is 12.3. The van der Waals surface area contributed by atoms with Gasteiger partial charge in [0.25, 0.3) is 5.91 Å². The van der Waals surface area contributed by atoms with Gasteiger partial charge in [-0.25, -0.2) is 0 Å². The smallest absolute Gasteiger partial charge is 0.251 e. The first-order valence-corrected chi connectivity index (χ1v) is 7.54. The second-order valence-electron chi connectivity index (χ2n) is 5.92. The highest BCUT2D eigenvalue weighted by atomic mass is 16.1. The Labute approximate surface area is 116 Å². The van der Waals surface area contributed by atoms with Crippen molar-refractivity contribution in [2.75, 3.05) is 0 Å². The molecule has 1 aromatic carbocycles. The van der Waals surface area contributed by atoms with Crippen molar-refractivity contribution in [3.8, 4) is 0 Å². The van der Waals surface area contributed by atoms with Crippen molar-refractivity contribution in [1.82, 2.24) is 5.32 Å². The Morgan fingerprint density at radius 1 is 1.21 bits per heavy atom. The molecule has 1 unspecified atom stereocenters. The Morgan fingerprint density at radius 3 is 2.53 bits per heavy atom. The van der Waals surface area contributed by atoms with Crippen molar-refractivity contribution in [2.45, 2.75) is 58.9 Å². The van der Waals surface area contributed by atoms with E-state index >= 15 is 0 Å². The minimum Gasteiger partial charge on any atom is -0.349 e. The summed E-state index contributed by atoms with van der Waals surface area (Å²) in [6, 6.07) is 6.48. The fourth-order valence-electron chi connectivity index (χ4n) is 2.87. The zero-order chi connectivity index (χ0) is 13.8. The van der Waals surface area contributed by atoms with Gasteiger partial charge >= 0.3 is 0 Å². The summed E-state index contributed by atoms with van der Waals surface area (Å²) in [6.07, 6.45) is 5.80. The molecule has 0 aromatic heterocycles. The van der Waals surface area contributed by atoms with E-state index in [4.69, 9.17) is 0 Å². The van der Waals surface area contributed by atoms with Gasteiger partial charge in [-0.1, -0.05) is 26.8 Å². The van der Waals surface area contributed by atoms with E-state index in [9.17, 15) is 4.79 Å². The average Bonchev–Trinajstić information content (AvgIpc) is 2.43. The van der Waals surface area contributed by atoms with Gasteiger partial charge < -0.3 is 5.32 Å². The molecule has 0 bridgehead atoms. The van der Waals surface area contributed by atoms with Gasteiger partial charge in [-0.2, -0.15) is 0 Å². The van der Waals surface area contributed by atoms with Crippen LogP contribution in [0, 0.1) is 5.92 Å². The number of benzene rings is 1. The third kappa shape index (κ3) is 3.37. The third-order valence-electron chi connectivity index (χ3n) is 4.17. The Hall–Kier alpha value is -1.31. The summed E-state index contributed by atoms with van der Waals surface area (Å²) in [7, 11) is 0. The lowest BCUT2D eigenvalue weighted by Gasteiger charge is -2.21. The molecule has 104 valence electrons. The molecule has 0 spiro atoms. The number of nitrogens with one attached hydrogen (secondary N) is 1. The quantitative estimate of drug-likeness (QED) is 0.877. The van der Waals surface area contributed by atoms with Crippen LogP contribution >= 0.6 is 0 Å². The van der Waals surface area contributed by atoms with Crippen molar-refractivity contribution in [3.05, 3.63) is 34.9 Å². The molecule has 0 saturated carbocycles. The van der Waals surface area contributed by atoms with Crippen LogP contribution in [-0.2, 0) is 12.8 Å². The number of carbonyl (C=O) groups excluding carboxylic acids is 1. The van der Waals surface area contributed by atoms with Crippen LogP contribution in [0.3, 0.4) is 0 Å². The van der Waals surface area contributed by atoms with E-state index in [1.807, 2.05) is 6.07 Å². The number of aryl methyl sites for hydroxylation is 2. The Balaban J connectivity index is 2.11. The molecule has 0 heterocycles. The average molecular weight is 259 g/mol. The molecule has 2 rings (SSSR count). The third-order valence-corrected chi connectivity index (χ3v) is 4.17. The maximum absolute atomic E-state index is 12.3. The van der Waals surface area contributed by atoms with Crippen LogP contribution in [0.1, 0.15) is 61.5 Å². The highest BCUT2D eigenvalue weighted by Crippen LogP contribution is 2.22. The van der Waals surface area contributed by atoms with Gasteiger partial charge in [0.15, 0.2) is 0 Å². The fraction of sp³-hybridized carbons (Fsp3) is 0.588. The Kier molecular flexibility index (Phi) is 4.62. The normalized spacial score (nSPS) is 16.0. The Morgan fingerprint density at radius 2 is 1.89 bits per heavy atom. The molecule has 1 atom stereocenters. The lowest BCUT2D eigenvalue weighted by Crippen LogP contribution is -2.38. The summed E-state index contributed by atoms with van der Waals surface area (Å²) < 4.78 is 0. The van der Waals surface area contributed by atoms with E-state index in [-0.39, 0.29) is 11.9 Å². The van der Waals surface area contributed by atoms with Crippen LogP contribution in [0.5, 0.6) is 0 Å². The van der Waals surface area contributed by atoms with E-state index in [1.54, 1.807) is 0 Å². The van der Waals surface area contributed by atoms with Gasteiger partial charge in [0.2, 0.25) is 0 Å². The van der Waals surface area contributed by atoms with Crippen molar-refractivity contribution in [3.63, 3.8) is 0 Å². The molecular formula is C17H25NO. The van der Waals surface area contributed by atoms with Gasteiger partial charge in [0.1, 0.15) is 0 Å². The number of hydrogen-bond donors (Lipinski definition) is 1. The minimum atomic E-state index is 0.0777. The molecule has 1 aromatic rings.